The highest BCUT2D eigenvalue weighted by atomic mass is 32.1. The van der Waals surface area contributed by atoms with Crippen LogP contribution in [0.1, 0.15) is 60.2 Å². The number of nitrogens with zero attached hydrogens (tertiary/aromatic N) is 2. The van der Waals surface area contributed by atoms with E-state index in [-0.39, 0.29) is 30.8 Å². The van der Waals surface area contributed by atoms with Gasteiger partial charge in [-0.05, 0) is 38.7 Å². The van der Waals surface area contributed by atoms with Gasteiger partial charge in [-0.2, -0.15) is 0 Å². The summed E-state index contributed by atoms with van der Waals surface area (Å²) < 4.78 is 0. The maximum atomic E-state index is 12.6. The van der Waals surface area contributed by atoms with E-state index in [0.29, 0.717) is 24.4 Å². The minimum atomic E-state index is -0.689. The third-order valence-electron chi connectivity index (χ3n) is 6.11. The van der Waals surface area contributed by atoms with Crippen LogP contribution >= 0.6 is 11.3 Å². The second kappa shape index (κ2) is 8.78. The van der Waals surface area contributed by atoms with Gasteiger partial charge in [-0.15, -0.1) is 11.3 Å². The molecular formula is C23H28N4O3S. The first kappa shape index (κ1) is 21.5. The molecule has 8 heteroatoms. The molecule has 1 saturated carbocycles. The van der Waals surface area contributed by atoms with E-state index in [1.165, 1.54) is 27.4 Å². The Morgan fingerprint density at radius 3 is 2.61 bits per heavy atom. The molecule has 7 nitrogen and oxygen atoms in total. The minimum Gasteiger partial charge on any atom is -0.323 e. The molecule has 1 aromatic carbocycles. The molecular weight excluding hydrogens is 412 g/mol. The number of benzene rings is 1. The van der Waals surface area contributed by atoms with Gasteiger partial charge in [0.25, 0.3) is 5.91 Å². The Labute approximate surface area is 186 Å². The Morgan fingerprint density at radius 2 is 1.90 bits per heavy atom. The zero-order chi connectivity index (χ0) is 22.0. The number of anilines is 1. The number of thiazole rings is 1. The molecule has 0 radical (unpaired) electrons. The highest BCUT2D eigenvalue weighted by molar-refractivity contribution is 7.15. The maximum Gasteiger partial charge on any atom is 0.325 e. The van der Waals surface area contributed by atoms with Crippen molar-refractivity contribution in [2.45, 2.75) is 64.3 Å². The second-order valence-electron chi connectivity index (χ2n) is 8.52. The van der Waals surface area contributed by atoms with Gasteiger partial charge in [0.15, 0.2) is 5.13 Å². The van der Waals surface area contributed by atoms with Crippen LogP contribution in [-0.2, 0) is 16.0 Å². The first-order chi connectivity index (χ1) is 14.9. The number of amides is 4. The van der Waals surface area contributed by atoms with Crippen molar-refractivity contribution >= 4 is 34.3 Å². The molecule has 31 heavy (non-hydrogen) atoms. The summed E-state index contributed by atoms with van der Waals surface area (Å²) in [6.45, 7) is 4.27. The largest absolute Gasteiger partial charge is 0.325 e. The van der Waals surface area contributed by atoms with Crippen LogP contribution in [-0.4, -0.2) is 39.8 Å². The minimum absolute atomic E-state index is 0.133. The quantitative estimate of drug-likeness (QED) is 0.638. The van der Waals surface area contributed by atoms with E-state index in [4.69, 9.17) is 0 Å². The van der Waals surface area contributed by atoms with Gasteiger partial charge in [0.1, 0.15) is 5.54 Å². The lowest BCUT2D eigenvalue weighted by Gasteiger charge is -2.19. The number of aryl methyl sites for hydroxylation is 2. The highest BCUT2D eigenvalue weighted by Crippen LogP contribution is 2.35. The van der Waals surface area contributed by atoms with E-state index in [2.05, 4.69) is 46.8 Å². The number of urea groups is 1. The molecule has 2 fully saturated rings. The first-order valence-electron chi connectivity index (χ1n) is 10.8. The van der Waals surface area contributed by atoms with Crippen LogP contribution in [0.4, 0.5) is 9.93 Å². The van der Waals surface area contributed by atoms with Crippen molar-refractivity contribution in [3.05, 3.63) is 46.0 Å². The SMILES string of the molecule is Cc1ccc(Cc2sc(NC(=O)CCCN3C(=O)NC4(CCCC4)C3=O)nc2C)cc1. The number of nitrogens with one attached hydrogen (secondary N) is 2. The summed E-state index contributed by atoms with van der Waals surface area (Å²) in [5.41, 5.74) is 2.67. The smallest absolute Gasteiger partial charge is 0.323 e. The molecule has 164 valence electrons. The van der Waals surface area contributed by atoms with E-state index >= 15 is 0 Å². The molecule has 1 saturated heterocycles. The summed E-state index contributed by atoms with van der Waals surface area (Å²) in [4.78, 5) is 44.1. The molecule has 1 aromatic heterocycles. The van der Waals surface area contributed by atoms with Crippen molar-refractivity contribution < 1.29 is 14.4 Å². The lowest BCUT2D eigenvalue weighted by Crippen LogP contribution is -2.44. The summed E-state index contributed by atoms with van der Waals surface area (Å²) in [5.74, 6) is -0.287. The average molecular weight is 441 g/mol. The molecule has 0 atom stereocenters. The van der Waals surface area contributed by atoms with Crippen LogP contribution < -0.4 is 10.6 Å². The number of rotatable bonds is 7. The molecule has 1 spiro atoms. The number of carbonyl (C=O) groups is 3. The fourth-order valence-electron chi connectivity index (χ4n) is 4.31. The van der Waals surface area contributed by atoms with Crippen molar-refractivity contribution in [1.82, 2.24) is 15.2 Å². The lowest BCUT2D eigenvalue weighted by molar-refractivity contribution is -0.131. The summed E-state index contributed by atoms with van der Waals surface area (Å²) in [6.07, 6.45) is 4.79. The predicted octanol–water partition coefficient (Wildman–Crippen LogP) is 3.93. The normalized spacial score (nSPS) is 17.4. The summed E-state index contributed by atoms with van der Waals surface area (Å²) in [7, 11) is 0. The molecule has 2 aliphatic rings. The van der Waals surface area contributed by atoms with Crippen molar-refractivity contribution in [1.29, 1.82) is 0 Å². The van der Waals surface area contributed by atoms with Gasteiger partial charge in [0.05, 0.1) is 5.69 Å². The molecule has 0 unspecified atom stereocenters. The molecule has 2 heterocycles. The Kier molecular flexibility index (Phi) is 6.09. The highest BCUT2D eigenvalue weighted by Gasteiger charge is 2.52. The van der Waals surface area contributed by atoms with Gasteiger partial charge < -0.3 is 10.6 Å². The fourth-order valence-corrected chi connectivity index (χ4v) is 5.33. The van der Waals surface area contributed by atoms with Gasteiger partial charge in [-0.25, -0.2) is 9.78 Å². The van der Waals surface area contributed by atoms with Gasteiger partial charge in [-0.3, -0.25) is 14.5 Å². The fraction of sp³-hybridized carbons (Fsp3) is 0.478. The third-order valence-corrected chi connectivity index (χ3v) is 7.19. The Morgan fingerprint density at radius 1 is 1.19 bits per heavy atom. The third kappa shape index (κ3) is 4.63. The monoisotopic (exact) mass is 440 g/mol. The van der Waals surface area contributed by atoms with Gasteiger partial charge >= 0.3 is 6.03 Å². The Balaban J connectivity index is 1.27. The van der Waals surface area contributed by atoms with Crippen LogP contribution in [0.2, 0.25) is 0 Å². The molecule has 2 N–H and O–H groups in total. The van der Waals surface area contributed by atoms with E-state index in [1.54, 1.807) is 0 Å². The van der Waals surface area contributed by atoms with Gasteiger partial charge in [-0.1, -0.05) is 42.7 Å². The van der Waals surface area contributed by atoms with E-state index in [1.807, 2.05) is 6.92 Å². The van der Waals surface area contributed by atoms with Crippen LogP contribution in [0, 0.1) is 13.8 Å². The second-order valence-corrected chi connectivity index (χ2v) is 9.60. The van der Waals surface area contributed by atoms with Crippen LogP contribution in [0.15, 0.2) is 24.3 Å². The number of aromatic nitrogens is 1. The van der Waals surface area contributed by atoms with Crippen LogP contribution in [0.25, 0.3) is 0 Å². The van der Waals surface area contributed by atoms with Crippen molar-refractivity contribution in [2.75, 3.05) is 11.9 Å². The Hall–Kier alpha value is -2.74. The zero-order valence-electron chi connectivity index (χ0n) is 18.0. The number of hydrogen-bond donors (Lipinski definition) is 2. The molecule has 0 bridgehead atoms. The van der Waals surface area contributed by atoms with Crippen LogP contribution in [0.3, 0.4) is 0 Å². The maximum absolute atomic E-state index is 12.6. The van der Waals surface area contributed by atoms with Gasteiger partial charge in [0, 0.05) is 24.3 Å². The molecule has 1 aliphatic heterocycles. The van der Waals surface area contributed by atoms with E-state index in [9.17, 15) is 14.4 Å². The van der Waals surface area contributed by atoms with Gasteiger partial charge in [0.2, 0.25) is 5.91 Å². The van der Waals surface area contributed by atoms with E-state index < -0.39 is 5.54 Å². The Bertz CT molecular complexity index is 993. The number of hydrogen-bond acceptors (Lipinski definition) is 5. The van der Waals surface area contributed by atoms with Crippen LogP contribution in [0.5, 0.6) is 0 Å². The topological polar surface area (TPSA) is 91.4 Å². The standard InChI is InChI=1S/C23H28N4O3S/c1-15-7-9-17(10-8-15)14-18-16(2)24-21(31-18)25-19(28)6-5-13-27-20(29)23(26-22(27)30)11-3-4-12-23/h7-10H,3-6,11-14H2,1-2H3,(H,26,30)(H,24,25,28). The lowest BCUT2D eigenvalue weighted by atomic mass is 9.98. The summed E-state index contributed by atoms with van der Waals surface area (Å²) in [6, 6.07) is 8.07. The number of carbonyl (C=O) groups excluding carboxylic acids is 3. The average Bonchev–Trinajstić information content (AvgIpc) is 3.39. The first-order valence-corrected chi connectivity index (χ1v) is 11.6. The predicted molar refractivity (Wildman–Crippen MR) is 120 cm³/mol. The van der Waals surface area contributed by atoms with Crippen molar-refractivity contribution in [2.24, 2.45) is 0 Å². The van der Waals surface area contributed by atoms with E-state index in [0.717, 1.165) is 29.8 Å². The van der Waals surface area contributed by atoms with Crippen molar-refractivity contribution in [3.8, 4) is 0 Å². The van der Waals surface area contributed by atoms with Crippen molar-refractivity contribution in [3.63, 3.8) is 0 Å². The molecule has 4 rings (SSSR count). The number of imide groups is 1. The zero-order valence-corrected chi connectivity index (χ0v) is 18.8. The summed E-state index contributed by atoms with van der Waals surface area (Å²) in [5, 5.41) is 6.31. The molecule has 1 aliphatic carbocycles. The summed E-state index contributed by atoms with van der Waals surface area (Å²) >= 11 is 1.49. The molecule has 2 aromatic rings. The molecule has 4 amide bonds.